The molecule has 0 bridgehead atoms. The second-order valence-electron chi connectivity index (χ2n) is 6.63. The first kappa shape index (κ1) is 17.5. The molecule has 0 unspecified atom stereocenters. The van der Waals surface area contributed by atoms with Crippen molar-refractivity contribution in [3.8, 4) is 0 Å². The summed E-state index contributed by atoms with van der Waals surface area (Å²) in [4.78, 5) is 14.5. The molecule has 7 heteroatoms. The first-order valence-corrected chi connectivity index (χ1v) is 9.21. The maximum atomic E-state index is 12.7. The van der Waals surface area contributed by atoms with Crippen molar-refractivity contribution < 1.29 is 9.32 Å². The normalized spacial score (nSPS) is 17.9. The van der Waals surface area contributed by atoms with Crippen molar-refractivity contribution in [2.75, 3.05) is 6.54 Å². The second kappa shape index (κ2) is 8.18. The molecule has 0 aromatic carbocycles. The SMILES string of the molecule is CCC(CC)c1cc(CNC(=O)N2CCCC[C@@H]2c2cn[nH]c2)on1. The lowest BCUT2D eigenvalue weighted by Gasteiger charge is -2.35. The molecule has 25 heavy (non-hydrogen) atoms. The van der Waals surface area contributed by atoms with Crippen LogP contribution >= 0.6 is 0 Å². The van der Waals surface area contributed by atoms with Gasteiger partial charge in [-0.3, -0.25) is 5.10 Å². The van der Waals surface area contributed by atoms with E-state index in [2.05, 4.69) is 34.5 Å². The van der Waals surface area contributed by atoms with Crippen molar-refractivity contribution in [1.29, 1.82) is 0 Å². The molecule has 1 aliphatic rings. The maximum absolute atomic E-state index is 12.7. The Morgan fingerprint density at radius 3 is 3.00 bits per heavy atom. The minimum atomic E-state index is -0.0635. The molecule has 7 nitrogen and oxygen atoms in total. The first-order chi connectivity index (χ1) is 12.2. The van der Waals surface area contributed by atoms with E-state index in [4.69, 9.17) is 4.52 Å². The summed E-state index contributed by atoms with van der Waals surface area (Å²) in [6.45, 7) is 5.42. The van der Waals surface area contributed by atoms with Gasteiger partial charge in [0.1, 0.15) is 0 Å². The molecule has 0 aliphatic carbocycles. The summed E-state index contributed by atoms with van der Waals surface area (Å²) in [5.74, 6) is 1.12. The van der Waals surface area contributed by atoms with Crippen molar-refractivity contribution in [3.05, 3.63) is 35.5 Å². The zero-order valence-electron chi connectivity index (χ0n) is 15.0. The number of aromatic amines is 1. The summed E-state index contributed by atoms with van der Waals surface area (Å²) in [6, 6.07) is 1.98. The van der Waals surface area contributed by atoms with Gasteiger partial charge in [-0.15, -0.1) is 0 Å². The van der Waals surface area contributed by atoms with Gasteiger partial charge in [0.2, 0.25) is 0 Å². The highest BCUT2D eigenvalue weighted by atomic mass is 16.5. The number of nitrogens with zero attached hydrogens (tertiary/aromatic N) is 3. The molecule has 1 atom stereocenters. The molecule has 1 saturated heterocycles. The van der Waals surface area contributed by atoms with E-state index in [1.54, 1.807) is 6.20 Å². The fourth-order valence-corrected chi connectivity index (χ4v) is 3.54. The second-order valence-corrected chi connectivity index (χ2v) is 6.63. The summed E-state index contributed by atoms with van der Waals surface area (Å²) in [5.41, 5.74) is 2.04. The van der Waals surface area contributed by atoms with Crippen molar-refractivity contribution in [3.63, 3.8) is 0 Å². The lowest BCUT2D eigenvalue weighted by molar-refractivity contribution is 0.150. The van der Waals surface area contributed by atoms with Gasteiger partial charge in [0.25, 0.3) is 0 Å². The predicted molar refractivity (Wildman–Crippen MR) is 93.9 cm³/mol. The van der Waals surface area contributed by atoms with E-state index in [-0.39, 0.29) is 12.1 Å². The van der Waals surface area contributed by atoms with Crippen LogP contribution in [-0.2, 0) is 6.54 Å². The van der Waals surface area contributed by atoms with Crippen LogP contribution in [0.4, 0.5) is 4.79 Å². The molecule has 0 saturated carbocycles. The summed E-state index contributed by atoms with van der Waals surface area (Å²) in [5, 5.41) is 14.0. The van der Waals surface area contributed by atoms with Gasteiger partial charge >= 0.3 is 6.03 Å². The Morgan fingerprint density at radius 2 is 2.28 bits per heavy atom. The maximum Gasteiger partial charge on any atom is 0.318 e. The average Bonchev–Trinajstić information content (AvgIpc) is 3.33. The van der Waals surface area contributed by atoms with Crippen LogP contribution in [0.15, 0.2) is 23.0 Å². The van der Waals surface area contributed by atoms with Gasteiger partial charge in [0.15, 0.2) is 5.76 Å². The van der Waals surface area contributed by atoms with E-state index >= 15 is 0 Å². The standard InChI is InChI=1S/C18H27N5O2/c1-3-13(4-2)16-9-15(25-22-16)12-19-18(24)23-8-6-5-7-17(23)14-10-20-21-11-14/h9-11,13,17H,3-8,12H2,1-2H3,(H,19,24)(H,20,21)/t17-/m1/s1. The summed E-state index contributed by atoms with van der Waals surface area (Å²) in [7, 11) is 0. The molecule has 3 rings (SSSR count). The zero-order chi connectivity index (χ0) is 17.6. The van der Waals surface area contributed by atoms with E-state index in [1.165, 1.54) is 0 Å². The highest BCUT2D eigenvalue weighted by Crippen LogP contribution is 2.30. The molecular weight excluding hydrogens is 318 g/mol. The van der Waals surface area contributed by atoms with Gasteiger partial charge in [0, 0.05) is 30.3 Å². The van der Waals surface area contributed by atoms with Crippen LogP contribution in [0.3, 0.4) is 0 Å². The topological polar surface area (TPSA) is 87.0 Å². The van der Waals surface area contributed by atoms with E-state index < -0.39 is 0 Å². The van der Waals surface area contributed by atoms with E-state index in [0.29, 0.717) is 18.2 Å². The third-order valence-corrected chi connectivity index (χ3v) is 5.06. The number of carbonyl (C=O) groups excluding carboxylic acids is 1. The number of carbonyl (C=O) groups is 1. The molecule has 136 valence electrons. The van der Waals surface area contributed by atoms with Crippen LogP contribution in [0.5, 0.6) is 0 Å². The number of urea groups is 1. The molecule has 2 aromatic rings. The summed E-state index contributed by atoms with van der Waals surface area (Å²) < 4.78 is 5.39. The molecule has 2 amide bonds. The Balaban J connectivity index is 1.60. The van der Waals surface area contributed by atoms with Gasteiger partial charge in [-0.2, -0.15) is 5.10 Å². The Bertz CT molecular complexity index is 663. The minimum absolute atomic E-state index is 0.0635. The third kappa shape index (κ3) is 4.03. The number of rotatable bonds is 6. The average molecular weight is 345 g/mol. The minimum Gasteiger partial charge on any atom is -0.359 e. The fraction of sp³-hybridized carbons (Fsp3) is 0.611. The Morgan fingerprint density at radius 1 is 1.44 bits per heavy atom. The highest BCUT2D eigenvalue weighted by molar-refractivity contribution is 5.74. The monoisotopic (exact) mass is 345 g/mol. The molecular formula is C18H27N5O2. The first-order valence-electron chi connectivity index (χ1n) is 9.21. The van der Waals surface area contributed by atoms with Crippen LogP contribution in [-0.4, -0.2) is 32.8 Å². The van der Waals surface area contributed by atoms with E-state index in [9.17, 15) is 4.79 Å². The number of aromatic nitrogens is 3. The van der Waals surface area contributed by atoms with E-state index in [1.807, 2.05) is 17.2 Å². The number of amides is 2. The molecule has 3 heterocycles. The fourth-order valence-electron chi connectivity index (χ4n) is 3.54. The van der Waals surface area contributed by atoms with Crippen molar-refractivity contribution in [2.45, 2.75) is 64.5 Å². The quantitative estimate of drug-likeness (QED) is 0.835. The number of likely N-dealkylation sites (tertiary alicyclic amines) is 1. The van der Waals surface area contributed by atoms with Gasteiger partial charge in [0.05, 0.1) is 24.5 Å². The van der Waals surface area contributed by atoms with Gasteiger partial charge in [-0.1, -0.05) is 19.0 Å². The van der Waals surface area contributed by atoms with Crippen LogP contribution in [0.1, 0.15) is 74.9 Å². The van der Waals surface area contributed by atoms with Crippen LogP contribution < -0.4 is 5.32 Å². The number of hydrogen-bond donors (Lipinski definition) is 2. The van der Waals surface area contributed by atoms with Gasteiger partial charge in [-0.05, 0) is 32.1 Å². The number of piperidine rings is 1. The van der Waals surface area contributed by atoms with Crippen molar-refractivity contribution in [1.82, 2.24) is 25.6 Å². The van der Waals surface area contributed by atoms with Gasteiger partial charge < -0.3 is 14.7 Å². The molecule has 1 fully saturated rings. The number of nitrogens with one attached hydrogen (secondary N) is 2. The number of H-pyrrole nitrogens is 1. The van der Waals surface area contributed by atoms with Crippen molar-refractivity contribution in [2.24, 2.45) is 0 Å². The van der Waals surface area contributed by atoms with Crippen LogP contribution in [0, 0.1) is 0 Å². The van der Waals surface area contributed by atoms with Crippen LogP contribution in [0.2, 0.25) is 0 Å². The largest absolute Gasteiger partial charge is 0.359 e. The Kier molecular flexibility index (Phi) is 5.73. The Labute approximate surface area is 148 Å². The molecule has 1 aliphatic heterocycles. The van der Waals surface area contributed by atoms with Crippen molar-refractivity contribution >= 4 is 6.03 Å². The molecule has 2 N–H and O–H groups in total. The van der Waals surface area contributed by atoms with Gasteiger partial charge in [-0.25, -0.2) is 4.79 Å². The lowest BCUT2D eigenvalue weighted by atomic mass is 9.98. The Hall–Kier alpha value is -2.31. The molecule has 0 radical (unpaired) electrons. The zero-order valence-corrected chi connectivity index (χ0v) is 15.0. The summed E-state index contributed by atoms with van der Waals surface area (Å²) in [6.07, 6.45) is 8.87. The predicted octanol–water partition coefficient (Wildman–Crippen LogP) is 3.74. The molecule has 0 spiro atoms. The highest BCUT2D eigenvalue weighted by Gasteiger charge is 2.28. The van der Waals surface area contributed by atoms with E-state index in [0.717, 1.165) is 49.9 Å². The third-order valence-electron chi connectivity index (χ3n) is 5.06. The number of hydrogen-bond acceptors (Lipinski definition) is 4. The lowest BCUT2D eigenvalue weighted by Crippen LogP contribution is -2.44. The van der Waals surface area contributed by atoms with Crippen LogP contribution in [0.25, 0.3) is 0 Å². The molecule has 2 aromatic heterocycles. The smallest absolute Gasteiger partial charge is 0.318 e. The summed E-state index contributed by atoms with van der Waals surface area (Å²) >= 11 is 0.